The van der Waals surface area contributed by atoms with E-state index in [9.17, 15) is 0 Å². The van der Waals surface area contributed by atoms with Gasteiger partial charge in [-0.25, -0.2) is 24.9 Å². The molecule has 58 heavy (non-hydrogen) atoms. The quantitative estimate of drug-likeness (QED) is 0.159. The molecule has 0 saturated carbocycles. The van der Waals surface area contributed by atoms with Gasteiger partial charge in [0, 0.05) is 32.7 Å². The molecule has 11 aromatic rings. The SMILES string of the molecule is c1ccc(-c2ccc(-c3nc(-c4cccc(-c5nc(-c6ccc(-c7ccccc7)cc6)c6ccc7ccccc7c6n5)n4)nc4c3ccc3ccccc34)cc2)cc1. The van der Waals surface area contributed by atoms with Crippen LogP contribution in [0, 0.1) is 0 Å². The minimum Gasteiger partial charge on any atom is -0.241 e. The monoisotopic (exact) mass is 739 g/mol. The Kier molecular flexibility index (Phi) is 8.07. The fraction of sp³-hybridized carbons (Fsp3) is 0. The molecular weight excluding hydrogens is 707 g/mol. The molecule has 0 aliphatic rings. The van der Waals surface area contributed by atoms with Crippen LogP contribution in [0.5, 0.6) is 0 Å². The molecule has 0 N–H and O–H groups in total. The zero-order chi connectivity index (χ0) is 38.4. The first-order valence-electron chi connectivity index (χ1n) is 19.4. The smallest absolute Gasteiger partial charge is 0.179 e. The molecule has 0 saturated heterocycles. The van der Waals surface area contributed by atoms with Gasteiger partial charge in [-0.05, 0) is 57.3 Å². The molecule has 0 atom stereocenters. The molecular formula is C53H33N5. The van der Waals surface area contributed by atoms with Crippen molar-refractivity contribution in [1.29, 1.82) is 0 Å². The van der Waals surface area contributed by atoms with Crippen LogP contribution in [0.15, 0.2) is 200 Å². The van der Waals surface area contributed by atoms with Crippen LogP contribution in [0.2, 0.25) is 0 Å². The van der Waals surface area contributed by atoms with Crippen molar-refractivity contribution in [3.05, 3.63) is 200 Å². The number of benzene rings is 8. The molecule has 0 spiro atoms. The topological polar surface area (TPSA) is 64.5 Å². The number of fused-ring (bicyclic) bond motifs is 6. The van der Waals surface area contributed by atoms with Crippen LogP contribution >= 0.6 is 0 Å². The van der Waals surface area contributed by atoms with Crippen molar-refractivity contribution < 1.29 is 0 Å². The predicted molar refractivity (Wildman–Crippen MR) is 238 cm³/mol. The number of nitrogens with zero attached hydrogens (tertiary/aromatic N) is 5. The highest BCUT2D eigenvalue weighted by Crippen LogP contribution is 2.36. The van der Waals surface area contributed by atoms with Gasteiger partial charge >= 0.3 is 0 Å². The van der Waals surface area contributed by atoms with Crippen LogP contribution in [-0.2, 0) is 0 Å². The van der Waals surface area contributed by atoms with Gasteiger partial charge in [0.05, 0.1) is 22.4 Å². The van der Waals surface area contributed by atoms with Crippen molar-refractivity contribution in [1.82, 2.24) is 24.9 Å². The Morgan fingerprint density at radius 3 is 1.05 bits per heavy atom. The summed E-state index contributed by atoms with van der Waals surface area (Å²) in [6, 6.07) is 69.3. The van der Waals surface area contributed by atoms with E-state index in [4.69, 9.17) is 24.9 Å². The van der Waals surface area contributed by atoms with E-state index in [1.807, 2.05) is 30.3 Å². The van der Waals surface area contributed by atoms with E-state index in [-0.39, 0.29) is 0 Å². The molecule has 3 heterocycles. The zero-order valence-corrected chi connectivity index (χ0v) is 31.3. The van der Waals surface area contributed by atoms with Crippen LogP contribution in [0.3, 0.4) is 0 Å². The van der Waals surface area contributed by atoms with Crippen molar-refractivity contribution >= 4 is 43.4 Å². The molecule has 0 unspecified atom stereocenters. The summed E-state index contributed by atoms with van der Waals surface area (Å²) < 4.78 is 0. The molecule has 11 rings (SSSR count). The van der Waals surface area contributed by atoms with Gasteiger partial charge in [-0.2, -0.15) is 0 Å². The van der Waals surface area contributed by atoms with Gasteiger partial charge in [-0.15, -0.1) is 0 Å². The maximum absolute atomic E-state index is 5.26. The molecule has 0 fully saturated rings. The molecule has 0 aliphatic heterocycles. The molecule has 3 aromatic heterocycles. The fourth-order valence-electron chi connectivity index (χ4n) is 7.98. The Labute approximate surface area is 335 Å². The Morgan fingerprint density at radius 1 is 0.224 bits per heavy atom. The van der Waals surface area contributed by atoms with Gasteiger partial charge < -0.3 is 0 Å². The van der Waals surface area contributed by atoms with Crippen molar-refractivity contribution in [2.24, 2.45) is 0 Å². The summed E-state index contributed by atoms with van der Waals surface area (Å²) in [5.74, 6) is 1.08. The van der Waals surface area contributed by atoms with Gasteiger partial charge in [0.1, 0.15) is 11.4 Å². The number of hydrogen-bond donors (Lipinski definition) is 0. The van der Waals surface area contributed by atoms with Crippen molar-refractivity contribution in [3.63, 3.8) is 0 Å². The van der Waals surface area contributed by atoms with E-state index >= 15 is 0 Å². The Bertz CT molecular complexity index is 3090. The van der Waals surface area contributed by atoms with Gasteiger partial charge in [-0.3, -0.25) is 0 Å². The van der Waals surface area contributed by atoms with Gasteiger partial charge in [0.15, 0.2) is 11.6 Å². The molecule has 0 radical (unpaired) electrons. The molecule has 0 bridgehead atoms. The highest BCUT2D eigenvalue weighted by Gasteiger charge is 2.18. The van der Waals surface area contributed by atoms with Gasteiger partial charge in [0.25, 0.3) is 0 Å². The second-order valence-electron chi connectivity index (χ2n) is 14.5. The highest BCUT2D eigenvalue weighted by molar-refractivity contribution is 6.11. The molecule has 0 amide bonds. The van der Waals surface area contributed by atoms with E-state index in [1.54, 1.807) is 0 Å². The Hall–Kier alpha value is -7.89. The predicted octanol–water partition coefficient (Wildman–Crippen LogP) is 13.3. The Morgan fingerprint density at radius 2 is 0.603 bits per heavy atom. The maximum atomic E-state index is 5.26. The van der Waals surface area contributed by atoms with Crippen molar-refractivity contribution in [3.8, 4) is 67.8 Å². The number of hydrogen-bond acceptors (Lipinski definition) is 5. The number of rotatable bonds is 6. The average Bonchev–Trinajstić information content (AvgIpc) is 3.31. The van der Waals surface area contributed by atoms with E-state index in [0.29, 0.717) is 23.0 Å². The summed E-state index contributed by atoms with van der Waals surface area (Å²) in [4.78, 5) is 26.2. The summed E-state index contributed by atoms with van der Waals surface area (Å²) in [6.45, 7) is 0. The first-order valence-corrected chi connectivity index (χ1v) is 19.4. The summed E-state index contributed by atoms with van der Waals surface area (Å²) in [5, 5.41) is 6.34. The molecule has 5 nitrogen and oxygen atoms in total. The van der Waals surface area contributed by atoms with Crippen LogP contribution < -0.4 is 0 Å². The lowest BCUT2D eigenvalue weighted by Crippen LogP contribution is -2.00. The molecule has 8 aromatic carbocycles. The minimum atomic E-state index is 0.538. The molecule has 0 aliphatic carbocycles. The van der Waals surface area contributed by atoms with Gasteiger partial charge in [-0.1, -0.05) is 176 Å². The highest BCUT2D eigenvalue weighted by atomic mass is 15.0. The zero-order valence-electron chi connectivity index (χ0n) is 31.3. The second kappa shape index (κ2) is 14.0. The minimum absolute atomic E-state index is 0.538. The van der Waals surface area contributed by atoms with Gasteiger partial charge in [0.2, 0.25) is 0 Å². The van der Waals surface area contributed by atoms with E-state index in [1.165, 1.54) is 11.1 Å². The standard InChI is InChI=1S/C53H33N5/c1-3-12-34(13-4-1)36-22-26-40(27-23-36)48-44-32-30-38-16-7-9-18-42(38)50(44)57-52(55-48)46-20-11-21-47(54-46)53-56-49(41-28-24-37(25-29-41)35-14-5-2-6-15-35)45-33-31-39-17-8-10-19-43(39)51(45)58-53/h1-33H. The summed E-state index contributed by atoms with van der Waals surface area (Å²) >= 11 is 0. The number of aromatic nitrogens is 5. The van der Waals surface area contributed by atoms with Crippen LogP contribution in [0.4, 0.5) is 0 Å². The van der Waals surface area contributed by atoms with Crippen LogP contribution in [0.25, 0.3) is 111 Å². The first-order chi connectivity index (χ1) is 28.7. The van der Waals surface area contributed by atoms with Crippen molar-refractivity contribution in [2.75, 3.05) is 0 Å². The lowest BCUT2D eigenvalue weighted by Gasteiger charge is -2.13. The number of pyridine rings is 1. The largest absolute Gasteiger partial charge is 0.241 e. The van der Waals surface area contributed by atoms with Crippen molar-refractivity contribution in [2.45, 2.75) is 0 Å². The lowest BCUT2D eigenvalue weighted by atomic mass is 9.99. The third kappa shape index (κ3) is 5.94. The average molecular weight is 740 g/mol. The third-order valence-corrected chi connectivity index (χ3v) is 10.9. The van der Waals surface area contributed by atoms with E-state index in [2.05, 4.69) is 170 Å². The summed E-state index contributed by atoms with van der Waals surface area (Å²) in [5.41, 5.74) is 11.4. The summed E-state index contributed by atoms with van der Waals surface area (Å²) in [6.07, 6.45) is 0. The maximum Gasteiger partial charge on any atom is 0.179 e. The normalized spacial score (nSPS) is 11.4. The Balaban J connectivity index is 1.07. The second-order valence-corrected chi connectivity index (χ2v) is 14.5. The molecule has 270 valence electrons. The van der Waals surface area contributed by atoms with Crippen LogP contribution in [-0.4, -0.2) is 24.9 Å². The lowest BCUT2D eigenvalue weighted by molar-refractivity contribution is 1.15. The van der Waals surface area contributed by atoms with E-state index < -0.39 is 0 Å². The summed E-state index contributed by atoms with van der Waals surface area (Å²) in [7, 11) is 0. The fourth-order valence-corrected chi connectivity index (χ4v) is 7.98. The first kappa shape index (κ1) is 33.4. The van der Waals surface area contributed by atoms with Crippen LogP contribution in [0.1, 0.15) is 0 Å². The van der Waals surface area contributed by atoms with E-state index in [0.717, 1.165) is 77.0 Å². The third-order valence-electron chi connectivity index (χ3n) is 10.9. The molecule has 5 heteroatoms.